The molecule has 2 N–H and O–H groups in total. The lowest BCUT2D eigenvalue weighted by Gasteiger charge is -2.50. The summed E-state index contributed by atoms with van der Waals surface area (Å²) in [6.07, 6.45) is 1.46. The molecule has 7 nitrogen and oxygen atoms in total. The van der Waals surface area contributed by atoms with Gasteiger partial charge in [-0.2, -0.15) is 0 Å². The highest BCUT2D eigenvalue weighted by atomic mass is 35.5. The number of fused-ring (bicyclic) bond motifs is 4. The highest BCUT2D eigenvalue weighted by Crippen LogP contribution is 2.46. The van der Waals surface area contributed by atoms with Gasteiger partial charge in [-0.3, -0.25) is 9.69 Å². The number of carbonyl (C=O) groups is 2. The number of anilines is 1. The quantitative estimate of drug-likeness (QED) is 0.593. The number of urea groups is 1. The van der Waals surface area contributed by atoms with E-state index < -0.39 is 5.72 Å². The van der Waals surface area contributed by atoms with Crippen molar-refractivity contribution in [3.8, 4) is 5.75 Å². The summed E-state index contributed by atoms with van der Waals surface area (Å²) in [5.74, 6) is 0.497. The van der Waals surface area contributed by atoms with Crippen LogP contribution in [0.4, 0.5) is 10.5 Å². The molecule has 3 amide bonds. The number of nitrogens with zero attached hydrogens (tertiary/aromatic N) is 1. The lowest BCUT2D eigenvalue weighted by Crippen LogP contribution is -2.65. The average molecular weight is 458 g/mol. The second kappa shape index (κ2) is 9.00. The molecule has 2 bridgehead atoms. The normalized spacial score (nSPS) is 21.6. The molecule has 0 aromatic heterocycles. The van der Waals surface area contributed by atoms with Crippen molar-refractivity contribution >= 4 is 29.2 Å². The van der Waals surface area contributed by atoms with Crippen LogP contribution < -0.4 is 20.3 Å². The summed E-state index contributed by atoms with van der Waals surface area (Å²) in [6, 6.07) is 12.0. The molecule has 2 heterocycles. The molecular weight excluding hydrogens is 430 g/mol. The SMILES string of the molecule is CC(C)OCCCNC(=O)c1cccc(N2C(=O)NC3CC2(C)Oc2ccc(Cl)cc23)c1. The smallest absolute Gasteiger partial charge is 0.325 e. The van der Waals surface area contributed by atoms with Crippen LogP contribution in [0.25, 0.3) is 0 Å². The average Bonchev–Trinajstić information content (AvgIpc) is 2.73. The van der Waals surface area contributed by atoms with Crippen molar-refractivity contribution in [2.24, 2.45) is 0 Å². The van der Waals surface area contributed by atoms with Crippen molar-refractivity contribution in [2.75, 3.05) is 18.1 Å². The summed E-state index contributed by atoms with van der Waals surface area (Å²) in [7, 11) is 0. The molecule has 4 rings (SSSR count). The van der Waals surface area contributed by atoms with Gasteiger partial charge in [-0.1, -0.05) is 17.7 Å². The van der Waals surface area contributed by atoms with Gasteiger partial charge < -0.3 is 20.1 Å². The predicted molar refractivity (Wildman–Crippen MR) is 123 cm³/mol. The molecule has 0 saturated carbocycles. The second-order valence-corrected chi connectivity index (χ2v) is 9.02. The van der Waals surface area contributed by atoms with E-state index in [4.69, 9.17) is 21.1 Å². The van der Waals surface area contributed by atoms with Crippen molar-refractivity contribution in [2.45, 2.75) is 51.5 Å². The van der Waals surface area contributed by atoms with E-state index in [1.54, 1.807) is 35.2 Å². The number of hydrogen-bond donors (Lipinski definition) is 2. The zero-order chi connectivity index (χ0) is 22.9. The lowest BCUT2D eigenvalue weighted by atomic mass is 9.90. The number of ether oxygens (including phenoxy) is 2. The van der Waals surface area contributed by atoms with E-state index in [-0.39, 0.29) is 24.1 Å². The first-order chi connectivity index (χ1) is 15.3. The predicted octanol–water partition coefficient (Wildman–Crippen LogP) is 4.65. The highest BCUT2D eigenvalue weighted by molar-refractivity contribution is 6.30. The van der Waals surface area contributed by atoms with Gasteiger partial charge in [-0.25, -0.2) is 4.79 Å². The molecule has 2 aromatic carbocycles. The summed E-state index contributed by atoms with van der Waals surface area (Å²) in [5, 5.41) is 6.55. The van der Waals surface area contributed by atoms with Crippen LogP contribution in [0.5, 0.6) is 5.75 Å². The minimum atomic E-state index is -0.892. The molecule has 170 valence electrons. The zero-order valence-corrected chi connectivity index (χ0v) is 19.2. The number of hydrogen-bond acceptors (Lipinski definition) is 4. The van der Waals surface area contributed by atoms with E-state index in [2.05, 4.69) is 10.6 Å². The van der Waals surface area contributed by atoms with Crippen LogP contribution in [0.2, 0.25) is 5.02 Å². The summed E-state index contributed by atoms with van der Waals surface area (Å²) in [4.78, 5) is 27.3. The molecule has 1 saturated heterocycles. The van der Waals surface area contributed by atoms with Crippen LogP contribution in [-0.2, 0) is 4.74 Å². The molecule has 0 spiro atoms. The molecule has 8 heteroatoms. The molecule has 2 aliphatic heterocycles. The molecule has 0 radical (unpaired) electrons. The van der Waals surface area contributed by atoms with E-state index in [1.165, 1.54) is 0 Å². The Morgan fingerprint density at radius 2 is 2.16 bits per heavy atom. The van der Waals surface area contributed by atoms with Gasteiger partial charge in [0.2, 0.25) is 0 Å². The number of carbonyl (C=O) groups excluding carboxylic acids is 2. The molecule has 0 aliphatic carbocycles. The van der Waals surface area contributed by atoms with E-state index in [0.717, 1.165) is 12.0 Å². The van der Waals surface area contributed by atoms with Gasteiger partial charge in [0, 0.05) is 35.7 Å². The molecule has 2 aromatic rings. The standard InChI is InChI=1S/C24H28ClN3O4/c1-15(2)31-11-5-10-26-22(29)16-6-4-7-18(12-16)28-23(30)27-20-14-24(28,3)32-21-9-8-17(25)13-19(20)21/h4,6-9,12-13,15,20H,5,10-11,14H2,1-3H3,(H,26,29)(H,27,30). The van der Waals surface area contributed by atoms with Gasteiger partial charge >= 0.3 is 6.03 Å². The van der Waals surface area contributed by atoms with Crippen LogP contribution in [-0.4, -0.2) is 36.9 Å². The van der Waals surface area contributed by atoms with E-state index in [1.807, 2.05) is 32.9 Å². The largest absolute Gasteiger partial charge is 0.467 e. The fraction of sp³-hybridized carbons (Fsp3) is 0.417. The van der Waals surface area contributed by atoms with E-state index in [0.29, 0.717) is 41.6 Å². The monoisotopic (exact) mass is 457 g/mol. The Morgan fingerprint density at radius 3 is 2.94 bits per heavy atom. The van der Waals surface area contributed by atoms with Crippen molar-refractivity contribution in [1.82, 2.24) is 10.6 Å². The van der Waals surface area contributed by atoms with Gasteiger partial charge in [0.25, 0.3) is 5.91 Å². The second-order valence-electron chi connectivity index (χ2n) is 8.58. The first-order valence-corrected chi connectivity index (χ1v) is 11.2. The minimum Gasteiger partial charge on any atom is -0.467 e. The molecule has 2 atom stereocenters. The fourth-order valence-corrected chi connectivity index (χ4v) is 4.40. The van der Waals surface area contributed by atoms with Gasteiger partial charge in [0.1, 0.15) is 5.75 Å². The number of rotatable bonds is 7. The molecule has 32 heavy (non-hydrogen) atoms. The number of halogens is 1. The molecule has 2 unspecified atom stereocenters. The molecule has 1 fully saturated rings. The summed E-state index contributed by atoms with van der Waals surface area (Å²) < 4.78 is 11.8. The summed E-state index contributed by atoms with van der Waals surface area (Å²) >= 11 is 6.14. The minimum absolute atomic E-state index is 0.171. The zero-order valence-electron chi connectivity index (χ0n) is 18.5. The Labute approximate surface area is 193 Å². The van der Waals surface area contributed by atoms with Gasteiger partial charge in [-0.15, -0.1) is 0 Å². The van der Waals surface area contributed by atoms with Gasteiger partial charge in [-0.05, 0) is 63.6 Å². The van der Waals surface area contributed by atoms with Crippen LogP contribution in [0.1, 0.15) is 55.6 Å². The Bertz CT molecular complexity index is 1030. The van der Waals surface area contributed by atoms with Gasteiger partial charge in [0.05, 0.1) is 17.8 Å². The third kappa shape index (κ3) is 4.54. The Balaban J connectivity index is 1.51. The van der Waals surface area contributed by atoms with Crippen LogP contribution in [0.15, 0.2) is 42.5 Å². The number of benzene rings is 2. The maximum Gasteiger partial charge on any atom is 0.325 e. The van der Waals surface area contributed by atoms with Crippen molar-refractivity contribution < 1.29 is 19.1 Å². The van der Waals surface area contributed by atoms with Gasteiger partial charge in [0.15, 0.2) is 5.72 Å². The first-order valence-electron chi connectivity index (χ1n) is 10.9. The topological polar surface area (TPSA) is 79.9 Å². The van der Waals surface area contributed by atoms with Crippen LogP contribution in [0.3, 0.4) is 0 Å². The third-order valence-electron chi connectivity index (χ3n) is 5.66. The Hall–Kier alpha value is -2.77. The van der Waals surface area contributed by atoms with Crippen LogP contribution >= 0.6 is 11.6 Å². The lowest BCUT2D eigenvalue weighted by molar-refractivity contribution is 0.0378. The van der Waals surface area contributed by atoms with E-state index in [9.17, 15) is 9.59 Å². The Morgan fingerprint density at radius 1 is 1.34 bits per heavy atom. The van der Waals surface area contributed by atoms with Crippen molar-refractivity contribution in [3.63, 3.8) is 0 Å². The molecular formula is C24H28ClN3O4. The highest BCUT2D eigenvalue weighted by Gasteiger charge is 2.49. The van der Waals surface area contributed by atoms with E-state index >= 15 is 0 Å². The van der Waals surface area contributed by atoms with Crippen LogP contribution in [0, 0.1) is 0 Å². The first kappa shape index (κ1) is 22.4. The molecule has 2 aliphatic rings. The maximum absolute atomic E-state index is 13.1. The van der Waals surface area contributed by atoms with Crippen molar-refractivity contribution in [1.29, 1.82) is 0 Å². The number of nitrogens with one attached hydrogen (secondary N) is 2. The third-order valence-corrected chi connectivity index (χ3v) is 5.89. The Kier molecular flexibility index (Phi) is 6.31. The summed E-state index contributed by atoms with van der Waals surface area (Å²) in [5.41, 5.74) is 1.06. The summed E-state index contributed by atoms with van der Waals surface area (Å²) in [6.45, 7) is 6.95. The van der Waals surface area contributed by atoms with Crippen molar-refractivity contribution in [3.05, 3.63) is 58.6 Å². The number of amides is 3. The fourth-order valence-electron chi connectivity index (χ4n) is 4.22. The maximum atomic E-state index is 13.1.